The number of amides is 1. The van der Waals surface area contributed by atoms with Crippen molar-refractivity contribution in [3.8, 4) is 0 Å². The molecule has 0 radical (unpaired) electrons. The minimum atomic E-state index is -0.432. The minimum Gasteiger partial charge on any atom is -0.444 e. The summed E-state index contributed by atoms with van der Waals surface area (Å²) in [6.45, 7) is 9.45. The first kappa shape index (κ1) is 28.9. The fourth-order valence-electron chi connectivity index (χ4n) is 5.31. The second kappa shape index (κ2) is 11.9. The lowest BCUT2D eigenvalue weighted by molar-refractivity contribution is 0.0204. The Labute approximate surface area is 240 Å². The number of halogens is 1. The van der Waals surface area contributed by atoms with Crippen molar-refractivity contribution in [1.82, 2.24) is 29.8 Å². The van der Waals surface area contributed by atoms with Gasteiger partial charge in [0.15, 0.2) is 0 Å². The van der Waals surface area contributed by atoms with Crippen molar-refractivity contribution < 1.29 is 11.0 Å². The summed E-state index contributed by atoms with van der Waals surface area (Å²) in [6, 6.07) is 4.28. The number of carbonyl (C=O) groups excluding carboxylic acids is 1. The van der Waals surface area contributed by atoms with Crippen LogP contribution in [0.25, 0.3) is 20.4 Å². The molecule has 0 atom stereocenters. The number of likely N-dealkylation sites (tertiary alicyclic amines) is 1. The molecule has 0 bridgehead atoms. The number of ether oxygens (including phenoxy) is 1. The van der Waals surface area contributed by atoms with Crippen molar-refractivity contribution in [2.75, 3.05) is 26.2 Å². The Bertz CT molecular complexity index is 1360. The molecule has 4 aromatic heterocycles. The van der Waals surface area contributed by atoms with Gasteiger partial charge in [-0.15, -0.1) is 35.1 Å². The highest BCUT2D eigenvalue weighted by Crippen LogP contribution is 2.35. The Morgan fingerprint density at radius 1 is 0.921 bits per heavy atom. The zero-order valence-corrected chi connectivity index (χ0v) is 25.3. The van der Waals surface area contributed by atoms with Gasteiger partial charge in [0.25, 0.3) is 0 Å². The molecule has 2 aliphatic heterocycles. The van der Waals surface area contributed by atoms with Gasteiger partial charge in [0.1, 0.15) is 5.60 Å². The zero-order valence-electron chi connectivity index (χ0n) is 22.9. The van der Waals surface area contributed by atoms with E-state index in [-0.39, 0.29) is 19.9 Å². The molecule has 6 heterocycles. The molecule has 2 saturated heterocycles. The third kappa shape index (κ3) is 6.19. The predicted molar refractivity (Wildman–Crippen MR) is 161 cm³/mol. The van der Waals surface area contributed by atoms with Crippen LogP contribution in [0.1, 0.15) is 71.1 Å². The number of aromatic nitrogens is 4. The predicted octanol–water partition coefficient (Wildman–Crippen LogP) is 6.52. The fourth-order valence-corrected chi connectivity index (χ4v) is 7.28. The molecule has 2 aliphatic rings. The third-order valence-electron chi connectivity index (χ3n) is 7.23. The number of hydrogen-bond donors (Lipinski definition) is 1. The lowest BCUT2D eigenvalue weighted by atomic mass is 9.94. The minimum absolute atomic E-state index is 0. The number of fused-ring (bicyclic) bond motifs is 2. The molecule has 1 N–H and O–H groups in total. The van der Waals surface area contributed by atoms with Crippen molar-refractivity contribution in [2.45, 2.75) is 63.9 Å². The van der Waals surface area contributed by atoms with Gasteiger partial charge in [-0.2, -0.15) is 10.2 Å². The summed E-state index contributed by atoms with van der Waals surface area (Å²) in [6.07, 6.45) is 4.15. The highest BCUT2D eigenvalue weighted by molar-refractivity contribution is 7.17. The maximum absolute atomic E-state index is 12.1. The number of thiophene rings is 2. The van der Waals surface area contributed by atoms with Crippen LogP contribution in [0.2, 0.25) is 0 Å². The molecular formula is C27H41ClN6O2S2. The number of hydrogen-bond acceptors (Lipinski definition) is 7. The van der Waals surface area contributed by atoms with Gasteiger partial charge >= 0.3 is 6.09 Å². The molecule has 8 nitrogen and oxygen atoms in total. The molecule has 6 rings (SSSR count). The first-order valence-corrected chi connectivity index (χ1v) is 15.0. The first-order chi connectivity index (χ1) is 17.7. The van der Waals surface area contributed by atoms with E-state index >= 15 is 0 Å². The van der Waals surface area contributed by atoms with Crippen molar-refractivity contribution >= 4 is 61.6 Å². The van der Waals surface area contributed by atoms with Crippen LogP contribution >= 0.6 is 35.1 Å². The van der Waals surface area contributed by atoms with Gasteiger partial charge in [-0.25, -0.2) is 4.79 Å². The van der Waals surface area contributed by atoms with Crippen LogP contribution < -0.4 is 5.32 Å². The molecule has 11 heteroatoms. The molecule has 0 aromatic carbocycles. The van der Waals surface area contributed by atoms with E-state index in [0.717, 1.165) is 39.0 Å². The lowest BCUT2D eigenvalue weighted by Crippen LogP contribution is -2.41. The molecule has 38 heavy (non-hydrogen) atoms. The first-order valence-electron chi connectivity index (χ1n) is 13.2. The Morgan fingerprint density at radius 3 is 1.87 bits per heavy atom. The molecule has 0 spiro atoms. The van der Waals surface area contributed by atoms with Crippen LogP contribution in [-0.2, 0) is 18.8 Å². The van der Waals surface area contributed by atoms with Crippen LogP contribution in [0.5, 0.6) is 0 Å². The number of rotatable bonds is 2. The van der Waals surface area contributed by atoms with Crippen molar-refractivity contribution in [3.63, 3.8) is 0 Å². The smallest absolute Gasteiger partial charge is 0.410 e. The van der Waals surface area contributed by atoms with E-state index in [0.29, 0.717) is 11.8 Å². The van der Waals surface area contributed by atoms with Gasteiger partial charge in [-0.1, -0.05) is 0 Å². The molecular weight excluding hydrogens is 540 g/mol. The van der Waals surface area contributed by atoms with Crippen LogP contribution in [-0.4, -0.2) is 62.3 Å². The normalized spacial score (nSPS) is 17.3. The van der Waals surface area contributed by atoms with Gasteiger partial charge in [-0.05, 0) is 82.4 Å². The van der Waals surface area contributed by atoms with E-state index in [1.165, 1.54) is 44.7 Å². The molecule has 210 valence electrons. The maximum atomic E-state index is 12.1. The number of piperidine rings is 2. The van der Waals surface area contributed by atoms with E-state index < -0.39 is 5.60 Å². The lowest BCUT2D eigenvalue weighted by Gasteiger charge is -2.32. The van der Waals surface area contributed by atoms with Crippen LogP contribution in [0, 0.1) is 0 Å². The number of carbonyl (C=O) groups is 1. The molecule has 0 aliphatic carbocycles. The number of nitrogens with zero attached hydrogens (tertiary/aromatic N) is 5. The van der Waals surface area contributed by atoms with E-state index in [4.69, 9.17) is 9.84 Å². The average molecular weight is 581 g/mol. The highest BCUT2D eigenvalue weighted by Gasteiger charge is 2.30. The van der Waals surface area contributed by atoms with Gasteiger partial charge in [0, 0.05) is 40.4 Å². The van der Waals surface area contributed by atoms with Crippen molar-refractivity contribution in [1.29, 1.82) is 0 Å². The second-order valence-corrected chi connectivity index (χ2v) is 12.9. The average Bonchev–Trinajstić information content (AvgIpc) is 3.65. The Hall–Kier alpha value is -2.14. The maximum Gasteiger partial charge on any atom is 0.410 e. The largest absolute Gasteiger partial charge is 0.444 e. The Balaban J connectivity index is 0.000000217. The van der Waals surface area contributed by atoms with E-state index in [9.17, 15) is 4.79 Å². The Kier molecular flexibility index (Phi) is 9.07. The fraction of sp³-hybridized carbons (Fsp3) is 0.593. The monoisotopic (exact) mass is 580 g/mol. The number of nitrogens with one attached hydrogen (secondary N) is 1. The van der Waals surface area contributed by atoms with Gasteiger partial charge in [0.05, 0.1) is 31.8 Å². The standard InChI is InChI=1S/C16H23N3O2S.C11H15N3S.ClH.H2/c1-16(2,3)21-15(20)19-8-5-11(6-9-19)13-14-12(7-10-22-14)18(4)17-13;1-14-9-4-7-15-11(9)10(13-14)8-2-5-12-6-3-8;;/h7,10-11H,5-6,8-9H2,1-4H3;4,7-8,12H,2-3,5-6H2,1H3;2*1H. The highest BCUT2D eigenvalue weighted by atomic mass is 35.5. The molecule has 0 saturated carbocycles. The van der Waals surface area contributed by atoms with Gasteiger partial charge in [0.2, 0.25) is 0 Å². The quantitative estimate of drug-likeness (QED) is 0.292. The summed E-state index contributed by atoms with van der Waals surface area (Å²) < 4.78 is 12.1. The summed E-state index contributed by atoms with van der Waals surface area (Å²) in [5.74, 6) is 1.09. The van der Waals surface area contributed by atoms with Crippen LogP contribution in [0.4, 0.5) is 4.79 Å². The summed E-state index contributed by atoms with van der Waals surface area (Å²) in [5.41, 5.74) is 4.57. The summed E-state index contributed by atoms with van der Waals surface area (Å²) >= 11 is 3.58. The Morgan fingerprint density at radius 2 is 1.39 bits per heavy atom. The van der Waals surface area contributed by atoms with E-state index in [2.05, 4.69) is 33.3 Å². The second-order valence-electron chi connectivity index (χ2n) is 11.1. The van der Waals surface area contributed by atoms with Gasteiger partial charge in [-0.3, -0.25) is 9.36 Å². The third-order valence-corrected chi connectivity index (χ3v) is 9.08. The van der Waals surface area contributed by atoms with Crippen molar-refractivity contribution in [3.05, 3.63) is 34.3 Å². The molecule has 4 aromatic rings. The van der Waals surface area contributed by atoms with Gasteiger partial charge < -0.3 is 15.0 Å². The summed E-state index contributed by atoms with van der Waals surface area (Å²) in [4.78, 5) is 13.9. The van der Waals surface area contributed by atoms with E-state index in [1.807, 2.05) is 60.5 Å². The van der Waals surface area contributed by atoms with E-state index in [1.54, 1.807) is 11.3 Å². The summed E-state index contributed by atoms with van der Waals surface area (Å²) in [5, 5.41) is 17.1. The SMILES string of the molecule is Cl.Cn1nc(C2CCN(C(=O)OC(C)(C)C)CC2)c2sccc21.Cn1nc(C2CCNCC2)c2sccc21.[HH]. The molecule has 2 fully saturated rings. The molecule has 1 amide bonds. The van der Waals surface area contributed by atoms with Crippen LogP contribution in [0.15, 0.2) is 22.9 Å². The molecule has 0 unspecified atom stereocenters. The zero-order chi connectivity index (χ0) is 26.2. The number of aryl methyl sites for hydroxylation is 2. The summed E-state index contributed by atoms with van der Waals surface area (Å²) in [7, 11) is 4.04. The van der Waals surface area contributed by atoms with Crippen LogP contribution in [0.3, 0.4) is 0 Å². The topological polar surface area (TPSA) is 77.2 Å². The van der Waals surface area contributed by atoms with Crippen molar-refractivity contribution in [2.24, 2.45) is 14.1 Å².